The van der Waals surface area contributed by atoms with Gasteiger partial charge in [-0.1, -0.05) is 38.5 Å². The van der Waals surface area contributed by atoms with Crippen LogP contribution in [0.5, 0.6) is 0 Å². The molecule has 0 heterocycles. The lowest BCUT2D eigenvalue weighted by Crippen LogP contribution is -2.32. The van der Waals surface area contributed by atoms with Gasteiger partial charge < -0.3 is 15.0 Å². The molecular formula is C17H30N2O. The van der Waals surface area contributed by atoms with Gasteiger partial charge >= 0.3 is 0 Å². The van der Waals surface area contributed by atoms with Crippen molar-refractivity contribution < 1.29 is 4.74 Å². The first-order valence-corrected chi connectivity index (χ1v) is 7.62. The number of hydrogen-bond donors (Lipinski definition) is 1. The fourth-order valence-electron chi connectivity index (χ4n) is 2.38. The summed E-state index contributed by atoms with van der Waals surface area (Å²) in [5.41, 5.74) is 4.03. The highest BCUT2D eigenvalue weighted by Crippen LogP contribution is 2.23. The Labute approximate surface area is 124 Å². The van der Waals surface area contributed by atoms with Crippen LogP contribution in [0.2, 0.25) is 0 Å². The van der Waals surface area contributed by atoms with Crippen molar-refractivity contribution in [2.75, 3.05) is 38.3 Å². The van der Waals surface area contributed by atoms with E-state index in [0.29, 0.717) is 5.92 Å². The molecule has 0 aliphatic heterocycles. The van der Waals surface area contributed by atoms with E-state index in [1.807, 2.05) is 0 Å². The van der Waals surface area contributed by atoms with Gasteiger partial charge in [0.05, 0.1) is 6.61 Å². The summed E-state index contributed by atoms with van der Waals surface area (Å²) in [5, 5.41) is 3.44. The number of nitrogens with zero attached hydrogens (tertiary/aromatic N) is 1. The molecule has 0 atom stereocenters. The lowest BCUT2D eigenvalue weighted by molar-refractivity contribution is 0.204. The number of methoxy groups -OCH3 is 1. The van der Waals surface area contributed by atoms with Crippen molar-refractivity contribution in [1.82, 2.24) is 5.32 Å². The molecule has 1 N–H and O–H groups in total. The minimum absolute atomic E-state index is 0.639. The molecule has 0 unspecified atom stereocenters. The lowest BCUT2D eigenvalue weighted by Gasteiger charge is -2.29. The summed E-state index contributed by atoms with van der Waals surface area (Å²) in [5.74, 6) is 0.639. The van der Waals surface area contributed by atoms with Crippen LogP contribution >= 0.6 is 0 Å². The summed E-state index contributed by atoms with van der Waals surface area (Å²) in [7, 11) is 1.77. The Kier molecular flexibility index (Phi) is 7.63. The number of nitrogens with one attached hydrogen (secondary N) is 1. The molecule has 0 saturated carbocycles. The summed E-state index contributed by atoms with van der Waals surface area (Å²) in [6, 6.07) is 6.74. The Morgan fingerprint density at radius 3 is 2.65 bits per heavy atom. The van der Waals surface area contributed by atoms with E-state index >= 15 is 0 Å². The van der Waals surface area contributed by atoms with Crippen molar-refractivity contribution in [1.29, 1.82) is 0 Å². The Hall–Kier alpha value is -1.06. The van der Waals surface area contributed by atoms with Crippen LogP contribution < -0.4 is 10.2 Å². The van der Waals surface area contributed by atoms with Gasteiger partial charge in [-0.25, -0.2) is 0 Å². The molecule has 0 amide bonds. The van der Waals surface area contributed by atoms with Crippen LogP contribution in [0.25, 0.3) is 0 Å². The lowest BCUT2D eigenvalue weighted by atomic mass is 10.1. The topological polar surface area (TPSA) is 24.5 Å². The van der Waals surface area contributed by atoms with Gasteiger partial charge in [-0.05, 0) is 31.0 Å². The Morgan fingerprint density at radius 2 is 2.05 bits per heavy atom. The van der Waals surface area contributed by atoms with E-state index in [2.05, 4.69) is 56.1 Å². The van der Waals surface area contributed by atoms with Crippen LogP contribution in [-0.2, 0) is 11.3 Å². The van der Waals surface area contributed by atoms with Crippen LogP contribution in [0.3, 0.4) is 0 Å². The Bertz CT molecular complexity index is 391. The van der Waals surface area contributed by atoms with Crippen LogP contribution in [0, 0.1) is 12.8 Å². The van der Waals surface area contributed by atoms with Crippen molar-refractivity contribution in [3.63, 3.8) is 0 Å². The average Bonchev–Trinajstić information content (AvgIpc) is 2.41. The number of aryl methyl sites for hydroxylation is 1. The van der Waals surface area contributed by atoms with Crippen LogP contribution in [-0.4, -0.2) is 33.4 Å². The maximum absolute atomic E-state index is 5.26. The van der Waals surface area contributed by atoms with E-state index in [0.717, 1.165) is 32.8 Å². The summed E-state index contributed by atoms with van der Waals surface area (Å²) in [6.45, 7) is 13.5. The molecule has 0 saturated heterocycles. The quantitative estimate of drug-likeness (QED) is 0.750. The molecule has 114 valence electrons. The molecule has 3 heteroatoms. The molecule has 20 heavy (non-hydrogen) atoms. The number of ether oxygens (including phenoxy) is 1. The second kappa shape index (κ2) is 8.98. The van der Waals surface area contributed by atoms with Gasteiger partial charge in [-0.2, -0.15) is 0 Å². The van der Waals surface area contributed by atoms with Gasteiger partial charge in [0, 0.05) is 32.4 Å². The third-order valence-electron chi connectivity index (χ3n) is 3.29. The van der Waals surface area contributed by atoms with Gasteiger partial charge in [-0.3, -0.25) is 0 Å². The summed E-state index contributed by atoms with van der Waals surface area (Å²) < 4.78 is 5.26. The van der Waals surface area contributed by atoms with E-state index in [-0.39, 0.29) is 0 Å². The van der Waals surface area contributed by atoms with Crippen LogP contribution in [0.15, 0.2) is 18.2 Å². The maximum Gasteiger partial charge on any atom is 0.0637 e. The van der Waals surface area contributed by atoms with Crippen molar-refractivity contribution >= 4 is 5.69 Å². The molecule has 0 aromatic heterocycles. The minimum Gasteiger partial charge on any atom is -0.383 e. The molecule has 0 spiro atoms. The predicted molar refractivity (Wildman–Crippen MR) is 87.5 cm³/mol. The zero-order valence-electron chi connectivity index (χ0n) is 13.7. The molecule has 3 nitrogen and oxygen atoms in total. The Morgan fingerprint density at radius 1 is 1.30 bits per heavy atom. The van der Waals surface area contributed by atoms with Crippen LogP contribution in [0.1, 0.15) is 31.9 Å². The van der Waals surface area contributed by atoms with Crippen molar-refractivity contribution in [2.24, 2.45) is 5.92 Å². The molecule has 1 aromatic carbocycles. The third kappa shape index (κ3) is 5.51. The molecule has 0 fully saturated rings. The largest absolute Gasteiger partial charge is 0.383 e. The van der Waals surface area contributed by atoms with Crippen molar-refractivity contribution in [2.45, 2.75) is 34.2 Å². The molecular weight excluding hydrogens is 248 g/mol. The molecule has 0 bridgehead atoms. The molecule has 0 aliphatic carbocycles. The first-order chi connectivity index (χ1) is 9.58. The second-order valence-electron chi connectivity index (χ2n) is 5.75. The predicted octanol–water partition coefficient (Wildman–Crippen LogP) is 3.21. The monoisotopic (exact) mass is 278 g/mol. The first kappa shape index (κ1) is 17.0. The van der Waals surface area contributed by atoms with Crippen molar-refractivity contribution in [3.8, 4) is 0 Å². The number of rotatable bonds is 9. The summed E-state index contributed by atoms with van der Waals surface area (Å²) in [4.78, 5) is 2.44. The average molecular weight is 278 g/mol. The standard InChI is InChI=1S/C17H30N2O/c1-6-18-12-16-11-15(4)7-8-17(16)19(9-10-20-5)13-14(2)3/h7-8,11,14,18H,6,9-10,12-13H2,1-5H3. The van der Waals surface area contributed by atoms with E-state index in [9.17, 15) is 0 Å². The van der Waals surface area contributed by atoms with Crippen molar-refractivity contribution in [3.05, 3.63) is 29.3 Å². The van der Waals surface area contributed by atoms with Gasteiger partial charge in [0.2, 0.25) is 0 Å². The van der Waals surface area contributed by atoms with E-state index in [1.165, 1.54) is 16.8 Å². The number of anilines is 1. The molecule has 1 rings (SSSR count). The molecule has 0 aliphatic rings. The second-order valence-corrected chi connectivity index (χ2v) is 5.75. The van der Waals surface area contributed by atoms with Gasteiger partial charge in [0.1, 0.15) is 0 Å². The normalized spacial score (nSPS) is 11.1. The number of hydrogen-bond acceptors (Lipinski definition) is 3. The van der Waals surface area contributed by atoms with E-state index in [4.69, 9.17) is 4.74 Å². The highest BCUT2D eigenvalue weighted by molar-refractivity contribution is 5.55. The zero-order chi connectivity index (χ0) is 15.0. The fourth-order valence-corrected chi connectivity index (χ4v) is 2.38. The van der Waals surface area contributed by atoms with E-state index in [1.54, 1.807) is 7.11 Å². The first-order valence-electron chi connectivity index (χ1n) is 7.62. The Balaban J connectivity index is 2.96. The highest BCUT2D eigenvalue weighted by atomic mass is 16.5. The fraction of sp³-hybridized carbons (Fsp3) is 0.647. The van der Waals surface area contributed by atoms with Gasteiger partial charge in [-0.15, -0.1) is 0 Å². The van der Waals surface area contributed by atoms with E-state index < -0.39 is 0 Å². The minimum atomic E-state index is 0.639. The smallest absolute Gasteiger partial charge is 0.0637 e. The van der Waals surface area contributed by atoms with Crippen LogP contribution in [0.4, 0.5) is 5.69 Å². The maximum atomic E-state index is 5.26. The number of benzene rings is 1. The third-order valence-corrected chi connectivity index (χ3v) is 3.29. The summed E-state index contributed by atoms with van der Waals surface area (Å²) >= 11 is 0. The zero-order valence-corrected chi connectivity index (χ0v) is 13.7. The molecule has 0 radical (unpaired) electrons. The SMILES string of the molecule is CCNCc1cc(C)ccc1N(CCOC)CC(C)C. The highest BCUT2D eigenvalue weighted by Gasteiger charge is 2.12. The summed E-state index contributed by atoms with van der Waals surface area (Å²) in [6.07, 6.45) is 0. The van der Waals surface area contributed by atoms with Gasteiger partial charge in [0.15, 0.2) is 0 Å². The van der Waals surface area contributed by atoms with Gasteiger partial charge in [0.25, 0.3) is 0 Å². The molecule has 1 aromatic rings.